The zero-order valence-corrected chi connectivity index (χ0v) is 10.4. The third kappa shape index (κ3) is 3.02. The van der Waals surface area contributed by atoms with Gasteiger partial charge in [0.25, 0.3) is 0 Å². The number of halogens is 1. The Hall–Kier alpha value is -0.400. The normalized spacial score (nSPS) is 21.7. The second kappa shape index (κ2) is 4.23. The highest BCUT2D eigenvalue weighted by atomic mass is 79.9. The van der Waals surface area contributed by atoms with Crippen molar-refractivity contribution in [3.8, 4) is 0 Å². The summed E-state index contributed by atoms with van der Waals surface area (Å²) in [6.07, 6.45) is 0. The van der Waals surface area contributed by atoms with Crippen LogP contribution in [0.25, 0.3) is 0 Å². The molecule has 0 spiro atoms. The largest absolute Gasteiger partial charge is 0.359 e. The van der Waals surface area contributed by atoms with Crippen LogP contribution in [-0.2, 0) is 16.4 Å². The van der Waals surface area contributed by atoms with E-state index < -0.39 is 9.84 Å². The smallest absolute Gasteiger partial charge is 0.152 e. The van der Waals surface area contributed by atoms with Crippen LogP contribution in [0.3, 0.4) is 0 Å². The summed E-state index contributed by atoms with van der Waals surface area (Å²) < 4.78 is 28.1. The van der Waals surface area contributed by atoms with Crippen LogP contribution in [0.5, 0.6) is 0 Å². The van der Waals surface area contributed by atoms with Crippen LogP contribution in [-0.4, -0.2) is 43.1 Å². The number of hydrogen-bond donors (Lipinski definition) is 0. The molecule has 0 N–H and O–H groups in total. The maximum absolute atomic E-state index is 11.2. The van der Waals surface area contributed by atoms with Gasteiger partial charge in [-0.1, -0.05) is 5.16 Å². The molecule has 1 fully saturated rings. The molecular weight excluding hydrogens is 284 g/mol. The third-order valence-electron chi connectivity index (χ3n) is 2.35. The summed E-state index contributed by atoms with van der Waals surface area (Å²) in [7, 11) is -2.80. The van der Waals surface area contributed by atoms with Crippen molar-refractivity contribution < 1.29 is 12.9 Å². The molecule has 84 valence electrons. The number of nitrogens with zero attached hydrogens (tertiary/aromatic N) is 2. The average Bonchev–Trinajstić information content (AvgIpc) is 2.55. The van der Waals surface area contributed by atoms with Gasteiger partial charge in [0.15, 0.2) is 15.6 Å². The number of hydrogen-bond acceptors (Lipinski definition) is 5. The molecule has 0 unspecified atom stereocenters. The summed E-state index contributed by atoms with van der Waals surface area (Å²) in [5.41, 5.74) is 0. The van der Waals surface area contributed by atoms with Crippen molar-refractivity contribution in [2.45, 2.75) is 6.54 Å². The lowest BCUT2D eigenvalue weighted by Crippen LogP contribution is -2.39. The Morgan fingerprint density at radius 1 is 1.47 bits per heavy atom. The first-order valence-electron chi connectivity index (χ1n) is 4.59. The maximum atomic E-state index is 11.2. The van der Waals surface area contributed by atoms with Gasteiger partial charge in [0, 0.05) is 19.2 Å². The van der Waals surface area contributed by atoms with Crippen molar-refractivity contribution in [1.82, 2.24) is 10.1 Å². The number of rotatable bonds is 2. The summed E-state index contributed by atoms with van der Waals surface area (Å²) in [6, 6.07) is 1.79. The van der Waals surface area contributed by atoms with Crippen LogP contribution in [0.2, 0.25) is 0 Å². The Bertz CT molecular complexity index is 428. The predicted molar refractivity (Wildman–Crippen MR) is 58.1 cm³/mol. The van der Waals surface area contributed by atoms with Crippen LogP contribution in [0.15, 0.2) is 15.2 Å². The lowest BCUT2D eigenvalue weighted by Gasteiger charge is -2.24. The highest BCUT2D eigenvalue weighted by Gasteiger charge is 2.22. The summed E-state index contributed by atoms with van der Waals surface area (Å²) in [5, 5.41) is 3.71. The van der Waals surface area contributed by atoms with Gasteiger partial charge in [-0.3, -0.25) is 4.90 Å². The van der Waals surface area contributed by atoms with Gasteiger partial charge in [0.2, 0.25) is 0 Å². The van der Waals surface area contributed by atoms with Crippen molar-refractivity contribution in [1.29, 1.82) is 0 Å². The molecule has 1 aliphatic heterocycles. The molecule has 2 rings (SSSR count). The molecule has 15 heavy (non-hydrogen) atoms. The fraction of sp³-hybridized carbons (Fsp3) is 0.625. The molecular formula is C8H11BrN2O3S. The van der Waals surface area contributed by atoms with E-state index in [9.17, 15) is 8.42 Å². The van der Waals surface area contributed by atoms with Gasteiger partial charge < -0.3 is 4.52 Å². The highest BCUT2D eigenvalue weighted by molar-refractivity contribution is 9.10. The van der Waals surface area contributed by atoms with E-state index >= 15 is 0 Å². The third-order valence-corrected chi connectivity index (χ3v) is 4.33. The van der Waals surface area contributed by atoms with Crippen molar-refractivity contribution in [3.63, 3.8) is 0 Å². The van der Waals surface area contributed by atoms with Gasteiger partial charge in [-0.25, -0.2) is 8.42 Å². The maximum Gasteiger partial charge on any atom is 0.152 e. The summed E-state index contributed by atoms with van der Waals surface area (Å²) >= 11 is 3.20. The summed E-state index contributed by atoms with van der Waals surface area (Å²) in [4.78, 5) is 2.05. The Kier molecular flexibility index (Phi) is 3.13. The van der Waals surface area contributed by atoms with Crippen LogP contribution >= 0.6 is 15.9 Å². The van der Waals surface area contributed by atoms with Crippen LogP contribution in [0.1, 0.15) is 5.76 Å². The Morgan fingerprint density at radius 2 is 2.13 bits per heavy atom. The van der Waals surface area contributed by atoms with Crippen molar-refractivity contribution in [3.05, 3.63) is 16.4 Å². The zero-order chi connectivity index (χ0) is 10.9. The molecule has 0 atom stereocenters. The molecule has 0 radical (unpaired) electrons. The number of sulfone groups is 1. The summed E-state index contributed by atoms with van der Waals surface area (Å²) in [5.74, 6) is 1.23. The van der Waals surface area contributed by atoms with Crippen molar-refractivity contribution >= 4 is 25.8 Å². The first-order chi connectivity index (χ1) is 7.05. The van der Waals surface area contributed by atoms with Crippen LogP contribution < -0.4 is 0 Å². The van der Waals surface area contributed by atoms with E-state index in [1.54, 1.807) is 6.07 Å². The van der Waals surface area contributed by atoms with E-state index in [1.165, 1.54) is 0 Å². The molecule has 2 heterocycles. The van der Waals surface area contributed by atoms with E-state index in [0.717, 1.165) is 5.76 Å². The molecule has 1 saturated heterocycles. The lowest BCUT2D eigenvalue weighted by molar-refractivity contribution is 0.246. The minimum absolute atomic E-state index is 0.238. The monoisotopic (exact) mass is 294 g/mol. The van der Waals surface area contributed by atoms with Crippen LogP contribution in [0, 0.1) is 0 Å². The van der Waals surface area contributed by atoms with Gasteiger partial charge in [0.05, 0.1) is 18.1 Å². The second-order valence-corrected chi connectivity index (χ2v) is 6.66. The van der Waals surface area contributed by atoms with Gasteiger partial charge in [0.1, 0.15) is 4.60 Å². The first kappa shape index (κ1) is 11.1. The van der Waals surface area contributed by atoms with E-state index in [2.05, 4.69) is 21.1 Å². The van der Waals surface area contributed by atoms with Gasteiger partial charge >= 0.3 is 0 Å². The van der Waals surface area contributed by atoms with Gasteiger partial charge in [-0.05, 0) is 15.9 Å². The van der Waals surface area contributed by atoms with E-state index in [-0.39, 0.29) is 11.5 Å². The Labute approximate surface area is 96.5 Å². The summed E-state index contributed by atoms with van der Waals surface area (Å²) in [6.45, 7) is 1.76. The number of aromatic nitrogens is 1. The minimum atomic E-state index is -2.80. The molecule has 1 aliphatic rings. The Morgan fingerprint density at radius 3 is 2.67 bits per heavy atom. The molecule has 0 saturated carbocycles. The van der Waals surface area contributed by atoms with Crippen molar-refractivity contribution in [2.75, 3.05) is 24.6 Å². The molecule has 7 heteroatoms. The van der Waals surface area contributed by atoms with Gasteiger partial charge in [-0.15, -0.1) is 0 Å². The van der Waals surface area contributed by atoms with E-state index in [4.69, 9.17) is 4.52 Å². The fourth-order valence-electron chi connectivity index (χ4n) is 1.49. The molecule has 1 aromatic heterocycles. The molecule has 0 aliphatic carbocycles. The Balaban J connectivity index is 1.92. The zero-order valence-electron chi connectivity index (χ0n) is 8.02. The molecule has 1 aromatic rings. The lowest BCUT2D eigenvalue weighted by atomic mass is 10.4. The quantitative estimate of drug-likeness (QED) is 0.802. The fourth-order valence-corrected chi connectivity index (χ4v) is 3.10. The molecule has 5 nitrogen and oxygen atoms in total. The topological polar surface area (TPSA) is 63.4 Å². The molecule has 0 amide bonds. The van der Waals surface area contributed by atoms with Crippen molar-refractivity contribution in [2.24, 2.45) is 0 Å². The predicted octanol–water partition coefficient (Wildman–Crippen LogP) is 0.667. The second-order valence-electron chi connectivity index (χ2n) is 3.54. The first-order valence-corrected chi connectivity index (χ1v) is 7.20. The van der Waals surface area contributed by atoms with Crippen LogP contribution in [0.4, 0.5) is 0 Å². The SMILES string of the molecule is O=S1(=O)CCN(Cc2cc(Br)no2)CC1. The van der Waals surface area contributed by atoms with Gasteiger partial charge in [-0.2, -0.15) is 0 Å². The molecule has 0 aromatic carbocycles. The minimum Gasteiger partial charge on any atom is -0.359 e. The highest BCUT2D eigenvalue weighted by Crippen LogP contribution is 2.13. The average molecular weight is 295 g/mol. The molecule has 0 bridgehead atoms. The van der Waals surface area contributed by atoms with E-state index in [0.29, 0.717) is 24.2 Å². The van der Waals surface area contributed by atoms with E-state index in [1.807, 2.05) is 4.90 Å². The standard InChI is InChI=1S/C8H11BrN2O3S/c9-8-5-7(14-10-8)6-11-1-3-15(12,13)4-2-11/h5H,1-4,6H2.